The summed E-state index contributed by atoms with van der Waals surface area (Å²) in [6.07, 6.45) is 1.55. The molecule has 2 heterocycles. The zero-order chi connectivity index (χ0) is 15.0. The number of aromatic nitrogens is 2. The van der Waals surface area contributed by atoms with Crippen LogP contribution in [0.25, 0.3) is 10.2 Å². The molecule has 0 fully saturated rings. The summed E-state index contributed by atoms with van der Waals surface area (Å²) in [7, 11) is 0. The first-order chi connectivity index (χ1) is 10.1. The molecule has 1 aromatic carbocycles. The Balaban J connectivity index is 1.90. The van der Waals surface area contributed by atoms with E-state index in [1.54, 1.807) is 29.8 Å². The molecular formula is C15H13ClFN3S. The lowest BCUT2D eigenvalue weighted by molar-refractivity contribution is 0.627. The van der Waals surface area contributed by atoms with Gasteiger partial charge in [-0.2, -0.15) is 0 Å². The van der Waals surface area contributed by atoms with Gasteiger partial charge in [-0.25, -0.2) is 14.4 Å². The third kappa shape index (κ3) is 2.71. The number of nitrogens with one attached hydrogen (secondary N) is 1. The van der Waals surface area contributed by atoms with Gasteiger partial charge in [0.2, 0.25) is 0 Å². The highest BCUT2D eigenvalue weighted by molar-refractivity contribution is 7.18. The van der Waals surface area contributed by atoms with Crippen LogP contribution in [0.2, 0.25) is 5.02 Å². The van der Waals surface area contributed by atoms with Crippen LogP contribution in [0.3, 0.4) is 0 Å². The molecular weight excluding hydrogens is 309 g/mol. The van der Waals surface area contributed by atoms with Gasteiger partial charge in [0.15, 0.2) is 0 Å². The van der Waals surface area contributed by atoms with Crippen molar-refractivity contribution in [3.63, 3.8) is 0 Å². The Morgan fingerprint density at radius 3 is 2.86 bits per heavy atom. The number of halogens is 2. The van der Waals surface area contributed by atoms with Gasteiger partial charge >= 0.3 is 0 Å². The molecule has 0 saturated carbocycles. The molecule has 2 aromatic heterocycles. The second kappa shape index (κ2) is 5.58. The normalized spacial score (nSPS) is 11.0. The molecule has 0 amide bonds. The summed E-state index contributed by atoms with van der Waals surface area (Å²) in [6, 6.07) is 4.70. The second-order valence-corrected chi connectivity index (χ2v) is 6.40. The fourth-order valence-electron chi connectivity index (χ4n) is 2.15. The molecule has 0 aliphatic carbocycles. The highest BCUT2D eigenvalue weighted by Gasteiger charge is 2.11. The topological polar surface area (TPSA) is 37.8 Å². The lowest BCUT2D eigenvalue weighted by Gasteiger charge is -2.08. The molecule has 0 bridgehead atoms. The van der Waals surface area contributed by atoms with Crippen LogP contribution in [0.4, 0.5) is 10.2 Å². The predicted octanol–water partition coefficient (Wildman–Crippen LogP) is 4.71. The molecule has 0 unspecified atom stereocenters. The van der Waals surface area contributed by atoms with Gasteiger partial charge in [0, 0.05) is 11.4 Å². The molecule has 108 valence electrons. The van der Waals surface area contributed by atoms with Crippen LogP contribution >= 0.6 is 22.9 Å². The largest absolute Gasteiger partial charge is 0.365 e. The van der Waals surface area contributed by atoms with Gasteiger partial charge in [0.05, 0.1) is 10.4 Å². The Morgan fingerprint density at radius 2 is 2.10 bits per heavy atom. The lowest BCUT2D eigenvalue weighted by atomic mass is 10.2. The van der Waals surface area contributed by atoms with E-state index in [1.165, 1.54) is 16.5 Å². The van der Waals surface area contributed by atoms with E-state index in [-0.39, 0.29) is 5.02 Å². The van der Waals surface area contributed by atoms with Crippen molar-refractivity contribution >= 4 is 39.0 Å². The summed E-state index contributed by atoms with van der Waals surface area (Å²) in [6.45, 7) is 4.67. The SMILES string of the molecule is Cc1sc2ncnc(NCc3ccc(F)c(Cl)c3)c2c1C. The summed E-state index contributed by atoms with van der Waals surface area (Å²) in [5.41, 5.74) is 2.09. The van der Waals surface area contributed by atoms with Gasteiger partial charge < -0.3 is 5.32 Å². The smallest absolute Gasteiger partial charge is 0.141 e. The van der Waals surface area contributed by atoms with Crippen LogP contribution in [0.15, 0.2) is 24.5 Å². The van der Waals surface area contributed by atoms with Crippen LogP contribution < -0.4 is 5.32 Å². The number of fused-ring (bicyclic) bond motifs is 1. The zero-order valence-electron chi connectivity index (χ0n) is 11.6. The van der Waals surface area contributed by atoms with Crippen molar-refractivity contribution < 1.29 is 4.39 Å². The van der Waals surface area contributed by atoms with E-state index in [1.807, 2.05) is 0 Å². The Kier molecular flexibility index (Phi) is 3.78. The van der Waals surface area contributed by atoms with Crippen LogP contribution in [-0.4, -0.2) is 9.97 Å². The van der Waals surface area contributed by atoms with E-state index < -0.39 is 5.82 Å². The lowest BCUT2D eigenvalue weighted by Crippen LogP contribution is -2.02. The summed E-state index contributed by atoms with van der Waals surface area (Å²) < 4.78 is 13.2. The fourth-order valence-corrected chi connectivity index (χ4v) is 3.35. The Morgan fingerprint density at radius 1 is 1.29 bits per heavy atom. The number of thiophene rings is 1. The first-order valence-electron chi connectivity index (χ1n) is 6.44. The van der Waals surface area contributed by atoms with Crippen molar-refractivity contribution in [1.29, 1.82) is 0 Å². The van der Waals surface area contributed by atoms with E-state index in [9.17, 15) is 4.39 Å². The first kappa shape index (κ1) is 14.2. The number of nitrogens with zero attached hydrogens (tertiary/aromatic N) is 2. The standard InChI is InChI=1S/C15H13ClFN3S/c1-8-9(2)21-15-13(8)14(19-7-20-15)18-6-10-3-4-12(17)11(16)5-10/h3-5,7H,6H2,1-2H3,(H,18,19,20). The number of rotatable bonds is 3. The molecule has 3 rings (SSSR count). The molecule has 1 N–H and O–H groups in total. The monoisotopic (exact) mass is 321 g/mol. The van der Waals surface area contributed by atoms with Crippen molar-refractivity contribution in [2.45, 2.75) is 20.4 Å². The van der Waals surface area contributed by atoms with Gasteiger partial charge in [-0.3, -0.25) is 0 Å². The molecule has 0 radical (unpaired) electrons. The van der Waals surface area contributed by atoms with Crippen molar-refractivity contribution in [2.75, 3.05) is 5.32 Å². The van der Waals surface area contributed by atoms with Gasteiger partial charge in [-0.1, -0.05) is 17.7 Å². The van der Waals surface area contributed by atoms with Gasteiger partial charge in [-0.15, -0.1) is 11.3 Å². The maximum Gasteiger partial charge on any atom is 0.141 e. The number of aryl methyl sites for hydroxylation is 2. The van der Waals surface area contributed by atoms with Crippen molar-refractivity contribution in [3.05, 3.63) is 51.4 Å². The van der Waals surface area contributed by atoms with Gasteiger partial charge in [0.25, 0.3) is 0 Å². The molecule has 0 atom stereocenters. The third-order valence-corrected chi connectivity index (χ3v) is 4.81. The molecule has 21 heavy (non-hydrogen) atoms. The highest BCUT2D eigenvalue weighted by atomic mass is 35.5. The number of anilines is 1. The minimum absolute atomic E-state index is 0.129. The molecule has 0 spiro atoms. The molecule has 0 aliphatic heterocycles. The second-order valence-electron chi connectivity index (χ2n) is 4.79. The van der Waals surface area contributed by atoms with Crippen molar-refractivity contribution in [2.24, 2.45) is 0 Å². The zero-order valence-corrected chi connectivity index (χ0v) is 13.1. The maximum atomic E-state index is 13.2. The fraction of sp³-hybridized carbons (Fsp3) is 0.200. The Hall–Kier alpha value is -1.72. The molecule has 3 nitrogen and oxygen atoms in total. The Bertz CT molecular complexity index is 816. The highest BCUT2D eigenvalue weighted by Crippen LogP contribution is 2.32. The van der Waals surface area contributed by atoms with Gasteiger partial charge in [0.1, 0.15) is 22.8 Å². The summed E-state index contributed by atoms with van der Waals surface area (Å²) in [4.78, 5) is 10.8. The van der Waals surface area contributed by atoms with Crippen LogP contribution in [-0.2, 0) is 6.54 Å². The quantitative estimate of drug-likeness (QED) is 0.759. The average molecular weight is 322 g/mol. The third-order valence-electron chi connectivity index (χ3n) is 3.41. The average Bonchev–Trinajstić information content (AvgIpc) is 2.76. The first-order valence-corrected chi connectivity index (χ1v) is 7.64. The minimum atomic E-state index is -0.408. The predicted molar refractivity (Wildman–Crippen MR) is 85.6 cm³/mol. The van der Waals surface area contributed by atoms with Gasteiger partial charge in [-0.05, 0) is 37.1 Å². The molecule has 0 saturated heterocycles. The van der Waals surface area contributed by atoms with E-state index in [0.717, 1.165) is 21.6 Å². The maximum absolute atomic E-state index is 13.2. The van der Waals surface area contributed by atoms with Crippen LogP contribution in [0.1, 0.15) is 16.0 Å². The molecule has 0 aliphatic rings. The van der Waals surface area contributed by atoms with Crippen LogP contribution in [0.5, 0.6) is 0 Å². The van der Waals surface area contributed by atoms with Crippen molar-refractivity contribution in [1.82, 2.24) is 9.97 Å². The molecule has 3 aromatic rings. The minimum Gasteiger partial charge on any atom is -0.365 e. The van der Waals surface area contributed by atoms with E-state index in [0.29, 0.717) is 6.54 Å². The van der Waals surface area contributed by atoms with Crippen molar-refractivity contribution in [3.8, 4) is 0 Å². The molecule has 6 heteroatoms. The van der Waals surface area contributed by atoms with E-state index >= 15 is 0 Å². The summed E-state index contributed by atoms with van der Waals surface area (Å²) in [5, 5.41) is 4.46. The summed E-state index contributed by atoms with van der Waals surface area (Å²) >= 11 is 7.45. The Labute approximate surface area is 130 Å². The van der Waals surface area contributed by atoms with Crippen LogP contribution in [0, 0.1) is 19.7 Å². The number of hydrogen-bond donors (Lipinski definition) is 1. The number of benzene rings is 1. The van der Waals surface area contributed by atoms with E-state index in [2.05, 4.69) is 29.1 Å². The number of hydrogen-bond acceptors (Lipinski definition) is 4. The van der Waals surface area contributed by atoms with E-state index in [4.69, 9.17) is 11.6 Å². The summed E-state index contributed by atoms with van der Waals surface area (Å²) in [5.74, 6) is 0.386.